The van der Waals surface area contributed by atoms with E-state index in [4.69, 9.17) is 9.84 Å². The van der Waals surface area contributed by atoms with Gasteiger partial charge in [0.2, 0.25) is 0 Å². The molecule has 0 bridgehead atoms. The molecular formula is C10H18O3. The number of aliphatic carboxylic acids is 1. The minimum Gasteiger partial charge on any atom is -0.481 e. The van der Waals surface area contributed by atoms with Crippen molar-refractivity contribution in [3.8, 4) is 0 Å². The third kappa shape index (κ3) is 2.99. The lowest BCUT2D eigenvalue weighted by atomic mass is 9.85. The van der Waals surface area contributed by atoms with Crippen LogP contribution < -0.4 is 0 Å². The highest BCUT2D eigenvalue weighted by atomic mass is 16.5. The fourth-order valence-corrected chi connectivity index (χ4v) is 1.95. The molecule has 1 fully saturated rings. The largest absolute Gasteiger partial charge is 0.481 e. The van der Waals surface area contributed by atoms with Crippen molar-refractivity contribution in [2.24, 2.45) is 11.8 Å². The minimum atomic E-state index is -0.655. The van der Waals surface area contributed by atoms with Crippen molar-refractivity contribution in [1.29, 1.82) is 0 Å². The van der Waals surface area contributed by atoms with Gasteiger partial charge in [0.05, 0.1) is 12.5 Å². The molecule has 1 rings (SSSR count). The maximum atomic E-state index is 10.9. The molecule has 0 aromatic carbocycles. The monoisotopic (exact) mass is 186 g/mol. The Hall–Kier alpha value is -0.570. The zero-order valence-electron chi connectivity index (χ0n) is 8.16. The molecule has 2 atom stereocenters. The van der Waals surface area contributed by atoms with E-state index < -0.39 is 5.97 Å². The maximum Gasteiger partial charge on any atom is 0.306 e. The lowest BCUT2D eigenvalue weighted by molar-refractivity contribution is -0.146. The highest BCUT2D eigenvalue weighted by molar-refractivity contribution is 5.70. The van der Waals surface area contributed by atoms with Crippen molar-refractivity contribution >= 4 is 5.97 Å². The van der Waals surface area contributed by atoms with Crippen molar-refractivity contribution in [2.45, 2.75) is 32.6 Å². The molecule has 0 aromatic heterocycles. The van der Waals surface area contributed by atoms with E-state index >= 15 is 0 Å². The molecule has 0 radical (unpaired) electrons. The first-order valence-corrected chi connectivity index (χ1v) is 5.06. The number of carboxylic acid groups (broad SMARTS) is 1. The van der Waals surface area contributed by atoms with E-state index in [1.807, 2.05) is 6.92 Å². The lowest BCUT2D eigenvalue weighted by Crippen LogP contribution is -2.30. The number of hydrogen-bond donors (Lipinski definition) is 1. The van der Waals surface area contributed by atoms with Crippen LogP contribution in [-0.2, 0) is 9.53 Å². The highest BCUT2D eigenvalue weighted by Gasteiger charge is 2.28. The zero-order valence-corrected chi connectivity index (χ0v) is 8.16. The SMILES string of the molecule is CCCC(C(=O)O)C1CCCOC1. The molecule has 3 heteroatoms. The first-order chi connectivity index (χ1) is 6.25. The van der Waals surface area contributed by atoms with Crippen LogP contribution in [0.15, 0.2) is 0 Å². The van der Waals surface area contributed by atoms with E-state index in [0.29, 0.717) is 6.61 Å². The van der Waals surface area contributed by atoms with Crippen LogP contribution in [0, 0.1) is 11.8 Å². The number of carbonyl (C=O) groups is 1. The van der Waals surface area contributed by atoms with E-state index in [1.54, 1.807) is 0 Å². The zero-order chi connectivity index (χ0) is 9.68. The maximum absolute atomic E-state index is 10.9. The summed E-state index contributed by atoms with van der Waals surface area (Å²) in [5.41, 5.74) is 0. The number of carboxylic acids is 1. The van der Waals surface area contributed by atoms with Crippen LogP contribution in [-0.4, -0.2) is 24.3 Å². The van der Waals surface area contributed by atoms with Crippen LogP contribution in [0.25, 0.3) is 0 Å². The molecule has 1 N–H and O–H groups in total. The van der Waals surface area contributed by atoms with Crippen LogP contribution in [0.4, 0.5) is 0 Å². The topological polar surface area (TPSA) is 46.5 Å². The Morgan fingerprint density at radius 2 is 2.46 bits per heavy atom. The van der Waals surface area contributed by atoms with Gasteiger partial charge in [0.1, 0.15) is 0 Å². The predicted molar refractivity (Wildman–Crippen MR) is 49.6 cm³/mol. The number of ether oxygens (including phenoxy) is 1. The van der Waals surface area contributed by atoms with Gasteiger partial charge in [0, 0.05) is 6.61 Å². The second kappa shape index (κ2) is 5.22. The van der Waals surface area contributed by atoms with Gasteiger partial charge in [-0.05, 0) is 25.2 Å². The van der Waals surface area contributed by atoms with Crippen molar-refractivity contribution in [2.75, 3.05) is 13.2 Å². The van der Waals surface area contributed by atoms with E-state index in [0.717, 1.165) is 32.3 Å². The molecule has 0 aromatic rings. The van der Waals surface area contributed by atoms with Gasteiger partial charge < -0.3 is 9.84 Å². The van der Waals surface area contributed by atoms with Gasteiger partial charge in [-0.1, -0.05) is 13.3 Å². The van der Waals surface area contributed by atoms with Crippen LogP contribution >= 0.6 is 0 Å². The summed E-state index contributed by atoms with van der Waals surface area (Å²) in [4.78, 5) is 10.9. The summed E-state index contributed by atoms with van der Waals surface area (Å²) >= 11 is 0. The summed E-state index contributed by atoms with van der Waals surface area (Å²) in [7, 11) is 0. The Kier molecular flexibility index (Phi) is 4.22. The molecule has 76 valence electrons. The van der Waals surface area contributed by atoms with Crippen LogP contribution in [0.3, 0.4) is 0 Å². The van der Waals surface area contributed by atoms with Crippen molar-refractivity contribution in [1.82, 2.24) is 0 Å². The second-order valence-electron chi connectivity index (χ2n) is 3.71. The predicted octanol–water partition coefficient (Wildman–Crippen LogP) is 1.91. The molecule has 0 aliphatic carbocycles. The number of rotatable bonds is 4. The molecule has 13 heavy (non-hydrogen) atoms. The third-order valence-electron chi connectivity index (χ3n) is 2.68. The smallest absolute Gasteiger partial charge is 0.306 e. The molecular weight excluding hydrogens is 168 g/mol. The summed E-state index contributed by atoms with van der Waals surface area (Å²) in [5.74, 6) is -0.603. The molecule has 1 aliphatic heterocycles. The molecule has 0 amide bonds. The van der Waals surface area contributed by atoms with Gasteiger partial charge in [0.25, 0.3) is 0 Å². The second-order valence-corrected chi connectivity index (χ2v) is 3.71. The van der Waals surface area contributed by atoms with Gasteiger partial charge >= 0.3 is 5.97 Å². The average molecular weight is 186 g/mol. The first kappa shape index (κ1) is 10.5. The van der Waals surface area contributed by atoms with Gasteiger partial charge in [0.15, 0.2) is 0 Å². The van der Waals surface area contributed by atoms with E-state index in [-0.39, 0.29) is 11.8 Å². The Morgan fingerprint density at radius 1 is 1.69 bits per heavy atom. The molecule has 1 saturated heterocycles. The Balaban J connectivity index is 2.46. The van der Waals surface area contributed by atoms with Crippen LogP contribution in [0.1, 0.15) is 32.6 Å². The van der Waals surface area contributed by atoms with E-state index in [2.05, 4.69) is 0 Å². The molecule has 1 heterocycles. The fraction of sp³-hybridized carbons (Fsp3) is 0.900. The highest BCUT2D eigenvalue weighted by Crippen LogP contribution is 2.26. The summed E-state index contributed by atoms with van der Waals surface area (Å²) in [6, 6.07) is 0. The average Bonchev–Trinajstić information content (AvgIpc) is 2.15. The summed E-state index contributed by atoms with van der Waals surface area (Å²) in [6.45, 7) is 3.46. The first-order valence-electron chi connectivity index (χ1n) is 5.06. The van der Waals surface area contributed by atoms with Crippen LogP contribution in [0.2, 0.25) is 0 Å². The van der Waals surface area contributed by atoms with E-state index in [1.165, 1.54) is 0 Å². The van der Waals surface area contributed by atoms with E-state index in [9.17, 15) is 4.79 Å². The molecule has 0 saturated carbocycles. The van der Waals surface area contributed by atoms with Gasteiger partial charge in [-0.15, -0.1) is 0 Å². The summed E-state index contributed by atoms with van der Waals surface area (Å²) in [5, 5.41) is 9.00. The Bertz CT molecular complexity index is 162. The fourth-order valence-electron chi connectivity index (χ4n) is 1.95. The quantitative estimate of drug-likeness (QED) is 0.729. The van der Waals surface area contributed by atoms with Crippen LogP contribution in [0.5, 0.6) is 0 Å². The summed E-state index contributed by atoms with van der Waals surface area (Å²) < 4.78 is 5.30. The lowest BCUT2D eigenvalue weighted by Gasteiger charge is -2.27. The summed E-state index contributed by atoms with van der Waals surface area (Å²) in [6.07, 6.45) is 3.74. The van der Waals surface area contributed by atoms with Crippen molar-refractivity contribution < 1.29 is 14.6 Å². The molecule has 1 aliphatic rings. The normalized spacial score (nSPS) is 25.5. The standard InChI is InChI=1S/C10H18O3/c1-2-4-9(10(11)12)8-5-3-6-13-7-8/h8-9H,2-7H2,1H3,(H,11,12). The third-order valence-corrected chi connectivity index (χ3v) is 2.68. The number of hydrogen-bond acceptors (Lipinski definition) is 2. The Morgan fingerprint density at radius 3 is 2.92 bits per heavy atom. The minimum absolute atomic E-state index is 0.190. The van der Waals surface area contributed by atoms with Crippen molar-refractivity contribution in [3.05, 3.63) is 0 Å². The Labute approximate surface area is 79.1 Å². The molecule has 2 unspecified atom stereocenters. The molecule has 3 nitrogen and oxygen atoms in total. The van der Waals surface area contributed by atoms with Gasteiger partial charge in [-0.2, -0.15) is 0 Å². The van der Waals surface area contributed by atoms with Gasteiger partial charge in [-0.3, -0.25) is 4.79 Å². The van der Waals surface area contributed by atoms with Crippen molar-refractivity contribution in [3.63, 3.8) is 0 Å². The van der Waals surface area contributed by atoms with Gasteiger partial charge in [-0.25, -0.2) is 0 Å². The molecule has 0 spiro atoms.